The van der Waals surface area contributed by atoms with Gasteiger partial charge in [0.1, 0.15) is 23.9 Å². The first-order valence-electron chi connectivity index (χ1n) is 23.2. The highest BCUT2D eigenvalue weighted by Crippen LogP contribution is 2.45. The van der Waals surface area contributed by atoms with Crippen LogP contribution in [0.2, 0.25) is 0 Å². The summed E-state index contributed by atoms with van der Waals surface area (Å²) in [5.74, 6) is -2.24. The van der Waals surface area contributed by atoms with Crippen molar-refractivity contribution in [2.75, 3.05) is 39.9 Å². The van der Waals surface area contributed by atoms with Crippen LogP contribution in [0.1, 0.15) is 83.7 Å². The molecule has 2 aromatic heterocycles. The van der Waals surface area contributed by atoms with Crippen molar-refractivity contribution in [1.29, 1.82) is 0 Å². The average molecular weight is 938 g/mol. The molecule has 17 heteroatoms. The smallest absolute Gasteiger partial charge is 0.324 e. The van der Waals surface area contributed by atoms with E-state index in [2.05, 4.69) is 60.9 Å². The molecule has 4 aromatic rings. The van der Waals surface area contributed by atoms with Crippen LogP contribution >= 0.6 is 0 Å². The fourth-order valence-electron chi connectivity index (χ4n) is 10.4. The minimum absolute atomic E-state index is 0.00470. The number of nitrogens with zero attached hydrogens (tertiary/aromatic N) is 5. The molecule has 8 rings (SSSR count). The molecule has 16 nitrogen and oxygen atoms in total. The largest absolute Gasteiger partial charge is 0.508 e. The summed E-state index contributed by atoms with van der Waals surface area (Å²) in [6, 6.07) is 12.4. The second-order valence-corrected chi connectivity index (χ2v) is 21.6. The van der Waals surface area contributed by atoms with Gasteiger partial charge in [-0.05, 0) is 104 Å². The molecule has 3 saturated heterocycles. The maximum absolute atomic E-state index is 14.7. The highest BCUT2D eigenvalue weighted by atomic mass is 32.2. The van der Waals surface area contributed by atoms with E-state index in [0.717, 1.165) is 44.4 Å². The Hall–Kier alpha value is -5.62. The molecule has 4 aliphatic heterocycles. The SMILES string of the molecule is C=CS(=O)(=O)N1CC2(CCN([C@H](C(=O)N[C@H]3Cc4cc(O)cc(c4)-c4ccc5c(c4)c(c(-c4cccnc4[C@H](C)OC)n5CC)CC(C)(C)COC(=O)[C@@H]4CCCN(N4)C3=O)C(C)C)C2=O)C1. The van der Waals surface area contributed by atoms with Crippen molar-refractivity contribution >= 4 is 44.6 Å². The van der Waals surface area contributed by atoms with Crippen LogP contribution in [0.15, 0.2) is 66.7 Å². The zero-order valence-electron chi connectivity index (χ0n) is 39.5. The number of esters is 1. The lowest BCUT2D eigenvalue weighted by Crippen LogP contribution is -2.64. The number of ether oxygens (including phenoxy) is 2. The number of carbonyl (C=O) groups is 4. The number of aromatic nitrogens is 2. The Morgan fingerprint density at radius 2 is 1.85 bits per heavy atom. The number of hydrazine groups is 1. The predicted octanol–water partition coefficient (Wildman–Crippen LogP) is 5.48. The number of amides is 3. The third-order valence-corrected chi connectivity index (χ3v) is 15.4. The Balaban J connectivity index is 1.20. The minimum Gasteiger partial charge on any atom is -0.508 e. The summed E-state index contributed by atoms with van der Waals surface area (Å²) in [5.41, 5.74) is 8.48. The third kappa shape index (κ3) is 9.10. The van der Waals surface area contributed by atoms with Crippen molar-refractivity contribution in [1.82, 2.24) is 34.5 Å². The van der Waals surface area contributed by atoms with Gasteiger partial charge in [0.2, 0.25) is 21.8 Å². The van der Waals surface area contributed by atoms with Crippen LogP contribution in [0.3, 0.4) is 0 Å². The Kier molecular flexibility index (Phi) is 13.2. The Labute approximate surface area is 392 Å². The van der Waals surface area contributed by atoms with E-state index in [1.807, 2.05) is 39.0 Å². The first-order valence-corrected chi connectivity index (χ1v) is 24.8. The summed E-state index contributed by atoms with van der Waals surface area (Å²) < 4.78 is 40.3. The van der Waals surface area contributed by atoms with E-state index in [1.165, 1.54) is 14.2 Å². The fourth-order valence-corrected chi connectivity index (χ4v) is 11.5. The number of nitrogens with one attached hydrogen (secondary N) is 2. The van der Waals surface area contributed by atoms with Crippen LogP contribution in [0.4, 0.5) is 0 Å². The van der Waals surface area contributed by atoms with Crippen LogP contribution in [-0.2, 0) is 58.1 Å². The van der Waals surface area contributed by atoms with Crippen molar-refractivity contribution in [3.8, 4) is 28.1 Å². The highest BCUT2D eigenvalue weighted by molar-refractivity contribution is 7.92. The first-order chi connectivity index (χ1) is 31.8. The van der Waals surface area contributed by atoms with Gasteiger partial charge in [-0.1, -0.05) is 46.4 Å². The summed E-state index contributed by atoms with van der Waals surface area (Å²) >= 11 is 0. The van der Waals surface area contributed by atoms with Gasteiger partial charge in [-0.15, -0.1) is 0 Å². The molecule has 0 radical (unpaired) electrons. The van der Waals surface area contributed by atoms with E-state index in [4.69, 9.17) is 14.5 Å². The number of phenols is 1. The van der Waals surface area contributed by atoms with Gasteiger partial charge in [0, 0.05) is 79.7 Å². The monoisotopic (exact) mass is 937 g/mol. The molecule has 67 heavy (non-hydrogen) atoms. The number of aromatic hydroxyl groups is 1. The Morgan fingerprint density at radius 1 is 1.09 bits per heavy atom. The molecule has 0 aliphatic carbocycles. The van der Waals surface area contributed by atoms with Crippen molar-refractivity contribution in [2.24, 2.45) is 16.7 Å². The van der Waals surface area contributed by atoms with Crippen LogP contribution in [0.25, 0.3) is 33.3 Å². The molecule has 0 unspecified atom stereocenters. The van der Waals surface area contributed by atoms with Gasteiger partial charge in [-0.2, -0.15) is 4.31 Å². The second-order valence-electron chi connectivity index (χ2n) is 19.7. The van der Waals surface area contributed by atoms with Crippen LogP contribution < -0.4 is 10.7 Å². The molecular weight excluding hydrogens is 875 g/mol. The Bertz CT molecular complexity index is 2730. The molecule has 3 amide bonds. The number of likely N-dealkylation sites (tertiary alicyclic amines) is 1. The number of pyridine rings is 1. The second kappa shape index (κ2) is 18.5. The number of cyclic esters (lactones) is 1. The number of carbonyl (C=O) groups excluding carboxylic acids is 4. The van der Waals surface area contributed by atoms with Gasteiger partial charge in [-0.25, -0.2) is 13.8 Å². The lowest BCUT2D eigenvalue weighted by Gasteiger charge is -2.45. The maximum Gasteiger partial charge on any atom is 0.324 e. The van der Waals surface area contributed by atoms with E-state index in [0.29, 0.717) is 43.4 Å². The number of methoxy groups -OCH3 is 1. The molecule has 3 fully saturated rings. The summed E-state index contributed by atoms with van der Waals surface area (Å²) in [5, 5.41) is 17.6. The number of hydrogen-bond acceptors (Lipinski definition) is 11. The molecule has 6 heterocycles. The van der Waals surface area contributed by atoms with Crippen LogP contribution in [-0.4, -0.2) is 119 Å². The van der Waals surface area contributed by atoms with Crippen molar-refractivity contribution in [3.05, 3.63) is 83.5 Å². The van der Waals surface area contributed by atoms with Crippen molar-refractivity contribution in [2.45, 2.75) is 104 Å². The number of rotatable bonds is 10. The first kappa shape index (κ1) is 47.9. The molecule has 4 atom stereocenters. The topological polar surface area (TPSA) is 193 Å². The number of hydrogen-bond donors (Lipinski definition) is 3. The van der Waals surface area contributed by atoms with Gasteiger partial charge < -0.3 is 29.4 Å². The number of phenolic OH excluding ortho intramolecular Hbond substituents is 1. The third-order valence-electron chi connectivity index (χ3n) is 14.0. The summed E-state index contributed by atoms with van der Waals surface area (Å²) in [4.78, 5) is 63.7. The normalized spacial score (nSPS) is 22.1. The van der Waals surface area contributed by atoms with E-state index in [-0.39, 0.29) is 62.9 Å². The summed E-state index contributed by atoms with van der Waals surface area (Å²) in [7, 11) is -2.04. The highest BCUT2D eigenvalue weighted by Gasteiger charge is 2.59. The number of sulfonamides is 1. The van der Waals surface area contributed by atoms with E-state index in [9.17, 15) is 32.7 Å². The molecule has 358 valence electrons. The fraction of sp³-hybridized carbons (Fsp3) is 0.500. The molecule has 1 spiro atoms. The molecule has 0 saturated carbocycles. The van der Waals surface area contributed by atoms with Crippen LogP contribution in [0, 0.1) is 16.7 Å². The molecular formula is C50H63N7O9S. The van der Waals surface area contributed by atoms with E-state index in [1.54, 1.807) is 25.4 Å². The van der Waals surface area contributed by atoms with Gasteiger partial charge in [0.25, 0.3) is 5.91 Å². The summed E-state index contributed by atoms with van der Waals surface area (Å²) in [6.07, 6.45) is 3.27. The standard InChI is InChI=1S/C50H63N7O9S/c1-9-55-41-16-15-33-25-37(41)38(44(55)36-13-11-18-51-42(36)31(5)65-8)26-49(6,7)29-66-47(61)39-14-12-19-57(53-39)46(60)40(23-32-21-34(33)24-35(58)22-32)52-45(59)43(30(3)4)56-20-17-50(48(56)62)27-54(28-50)67(63,64)10-2/h10-11,13,15-16,18,21-22,24-25,30-31,39-40,43,53,58H,2,9,12,14,17,19-20,23,26-29H2,1,3-8H3,(H,52,59)/t31-,39-,40-,43-/m0/s1. The zero-order valence-corrected chi connectivity index (χ0v) is 40.3. The quantitative estimate of drug-likeness (QED) is 0.171. The van der Waals surface area contributed by atoms with Gasteiger partial charge >= 0.3 is 5.97 Å². The Morgan fingerprint density at radius 3 is 2.55 bits per heavy atom. The average Bonchev–Trinajstić information content (AvgIpc) is 3.79. The van der Waals surface area contributed by atoms with E-state index < -0.39 is 56.8 Å². The van der Waals surface area contributed by atoms with Crippen LogP contribution in [0.5, 0.6) is 5.75 Å². The molecule has 6 bridgehead atoms. The minimum atomic E-state index is -3.71. The number of aryl methyl sites for hydroxylation is 1. The molecule has 2 aromatic carbocycles. The molecule has 4 aliphatic rings. The van der Waals surface area contributed by atoms with Gasteiger partial charge in [0.05, 0.1) is 29.5 Å². The van der Waals surface area contributed by atoms with Crippen molar-refractivity contribution < 1.29 is 42.2 Å². The van der Waals surface area contributed by atoms with Crippen molar-refractivity contribution in [3.63, 3.8) is 0 Å². The summed E-state index contributed by atoms with van der Waals surface area (Å²) in [6.45, 7) is 16.5. The van der Waals surface area contributed by atoms with Gasteiger partial charge in [-0.3, -0.25) is 29.2 Å². The maximum atomic E-state index is 14.7. The van der Waals surface area contributed by atoms with E-state index >= 15 is 0 Å². The molecule has 3 N–H and O–H groups in total. The zero-order chi connectivity index (χ0) is 48.2. The predicted molar refractivity (Wildman–Crippen MR) is 253 cm³/mol. The number of fused-ring (bicyclic) bond motifs is 6. The van der Waals surface area contributed by atoms with Gasteiger partial charge in [0.15, 0.2) is 0 Å². The number of benzene rings is 2. The lowest BCUT2D eigenvalue weighted by molar-refractivity contribution is -0.155. The lowest BCUT2D eigenvalue weighted by atomic mass is 9.80.